The molecule has 27 heavy (non-hydrogen) atoms. The molecule has 0 bridgehead atoms. The van der Waals surface area contributed by atoms with E-state index in [2.05, 4.69) is 4.99 Å². The highest BCUT2D eigenvalue weighted by Crippen LogP contribution is 2.22. The third kappa shape index (κ3) is 3.66. The van der Waals surface area contributed by atoms with Crippen molar-refractivity contribution in [1.82, 2.24) is 8.87 Å². The summed E-state index contributed by atoms with van der Waals surface area (Å²) in [5.74, 6) is 0.304. The third-order valence-corrected chi connectivity index (χ3v) is 7.02. The van der Waals surface area contributed by atoms with Crippen molar-refractivity contribution in [2.24, 2.45) is 12.0 Å². The average molecular weight is 406 g/mol. The number of ether oxygens (including phenoxy) is 1. The van der Waals surface area contributed by atoms with Crippen LogP contribution in [0.2, 0.25) is 0 Å². The van der Waals surface area contributed by atoms with E-state index in [9.17, 15) is 13.2 Å². The van der Waals surface area contributed by atoms with Gasteiger partial charge in [-0.05, 0) is 42.5 Å². The van der Waals surface area contributed by atoms with Gasteiger partial charge in [0.1, 0.15) is 5.75 Å². The predicted octanol–water partition coefficient (Wildman–Crippen LogP) is 2.24. The minimum Gasteiger partial charge on any atom is -0.497 e. The van der Waals surface area contributed by atoms with Gasteiger partial charge in [-0.2, -0.15) is 4.99 Å². The number of aromatic nitrogens is 1. The van der Waals surface area contributed by atoms with E-state index in [0.717, 1.165) is 20.3 Å². The van der Waals surface area contributed by atoms with Gasteiger partial charge in [0, 0.05) is 26.7 Å². The number of hydrogen-bond donors (Lipinski definition) is 0. The Morgan fingerprint density at radius 3 is 2.41 bits per heavy atom. The molecule has 0 fully saturated rings. The molecule has 7 nitrogen and oxygen atoms in total. The summed E-state index contributed by atoms with van der Waals surface area (Å²) in [5, 5.41) is 0. The zero-order chi connectivity index (χ0) is 19.8. The second-order valence-electron chi connectivity index (χ2n) is 6.01. The number of benzene rings is 2. The first kappa shape index (κ1) is 19.3. The molecule has 0 radical (unpaired) electrons. The minimum atomic E-state index is -3.53. The highest BCUT2D eigenvalue weighted by atomic mass is 32.2. The van der Waals surface area contributed by atoms with Crippen LogP contribution in [0.5, 0.6) is 5.75 Å². The van der Waals surface area contributed by atoms with Gasteiger partial charge in [-0.3, -0.25) is 4.79 Å². The van der Waals surface area contributed by atoms with E-state index < -0.39 is 15.9 Å². The predicted molar refractivity (Wildman–Crippen MR) is 105 cm³/mol. The maximum Gasteiger partial charge on any atom is 0.279 e. The fourth-order valence-electron chi connectivity index (χ4n) is 2.48. The first-order chi connectivity index (χ1) is 12.7. The Morgan fingerprint density at radius 2 is 1.81 bits per heavy atom. The van der Waals surface area contributed by atoms with Crippen molar-refractivity contribution in [3.63, 3.8) is 0 Å². The summed E-state index contributed by atoms with van der Waals surface area (Å²) in [6.45, 7) is 0. The number of carbonyl (C=O) groups is 1. The minimum absolute atomic E-state index is 0.128. The van der Waals surface area contributed by atoms with Crippen LogP contribution in [0, 0.1) is 0 Å². The molecule has 3 rings (SSSR count). The van der Waals surface area contributed by atoms with Crippen molar-refractivity contribution in [2.75, 3.05) is 21.2 Å². The normalized spacial score (nSPS) is 12.7. The van der Waals surface area contributed by atoms with Gasteiger partial charge < -0.3 is 9.30 Å². The van der Waals surface area contributed by atoms with E-state index in [-0.39, 0.29) is 4.90 Å². The number of thiazole rings is 1. The molecule has 0 aliphatic heterocycles. The molecule has 0 saturated carbocycles. The SMILES string of the molecule is COc1ccc2c(c1)sc(=NC(=O)c1ccc(S(=O)(=O)N(C)C)cc1)n2C. The molecular weight excluding hydrogens is 386 g/mol. The Bertz CT molecular complexity index is 1170. The Labute approximate surface area is 161 Å². The number of carbonyl (C=O) groups excluding carboxylic acids is 1. The van der Waals surface area contributed by atoms with Crippen molar-refractivity contribution < 1.29 is 17.9 Å². The zero-order valence-electron chi connectivity index (χ0n) is 15.3. The molecule has 0 unspecified atom stereocenters. The fraction of sp³-hybridized carbons (Fsp3) is 0.222. The number of methoxy groups -OCH3 is 1. The highest BCUT2D eigenvalue weighted by Gasteiger charge is 2.17. The van der Waals surface area contributed by atoms with E-state index in [1.54, 1.807) is 7.11 Å². The van der Waals surface area contributed by atoms with Crippen molar-refractivity contribution in [3.8, 4) is 5.75 Å². The Morgan fingerprint density at radius 1 is 1.15 bits per heavy atom. The molecule has 2 aromatic carbocycles. The summed E-state index contributed by atoms with van der Waals surface area (Å²) in [5.41, 5.74) is 1.27. The van der Waals surface area contributed by atoms with Crippen LogP contribution in [0.4, 0.5) is 0 Å². The number of fused-ring (bicyclic) bond motifs is 1. The van der Waals surface area contributed by atoms with Crippen LogP contribution in [0.25, 0.3) is 10.2 Å². The lowest BCUT2D eigenvalue weighted by Crippen LogP contribution is -2.22. The number of amides is 1. The maximum absolute atomic E-state index is 12.5. The van der Waals surface area contributed by atoms with Crippen LogP contribution < -0.4 is 9.54 Å². The van der Waals surface area contributed by atoms with Gasteiger partial charge in [-0.15, -0.1) is 0 Å². The van der Waals surface area contributed by atoms with Gasteiger partial charge in [0.25, 0.3) is 5.91 Å². The van der Waals surface area contributed by atoms with E-state index in [4.69, 9.17) is 4.74 Å². The van der Waals surface area contributed by atoms with Crippen LogP contribution in [-0.4, -0.2) is 44.4 Å². The van der Waals surface area contributed by atoms with Crippen LogP contribution in [0.3, 0.4) is 0 Å². The summed E-state index contributed by atoms with van der Waals surface area (Å²) in [4.78, 5) is 17.4. The molecule has 1 amide bonds. The summed E-state index contributed by atoms with van der Waals surface area (Å²) >= 11 is 1.38. The van der Waals surface area contributed by atoms with Gasteiger partial charge >= 0.3 is 0 Å². The topological polar surface area (TPSA) is 81.0 Å². The largest absolute Gasteiger partial charge is 0.497 e. The standard InChI is InChI=1S/C18H19N3O4S2/c1-20(2)27(23,24)14-8-5-12(6-9-14)17(22)19-18-21(3)15-10-7-13(25-4)11-16(15)26-18/h5-11H,1-4H3. The van der Waals surface area contributed by atoms with Crippen molar-refractivity contribution >= 4 is 37.5 Å². The molecule has 142 valence electrons. The molecule has 1 aromatic heterocycles. The van der Waals surface area contributed by atoms with Gasteiger partial charge in [-0.1, -0.05) is 11.3 Å². The monoisotopic (exact) mass is 405 g/mol. The lowest BCUT2D eigenvalue weighted by molar-refractivity contribution is 0.0998. The van der Waals surface area contributed by atoms with Crippen molar-refractivity contribution in [2.45, 2.75) is 4.90 Å². The Balaban J connectivity index is 1.97. The molecule has 1 heterocycles. The van der Waals surface area contributed by atoms with Crippen LogP contribution in [-0.2, 0) is 17.1 Å². The molecule has 0 aliphatic rings. The summed E-state index contributed by atoms with van der Waals surface area (Å²) < 4.78 is 33.4. The highest BCUT2D eigenvalue weighted by molar-refractivity contribution is 7.89. The fourth-order valence-corrected chi connectivity index (χ4v) is 4.43. The second kappa shape index (κ2) is 7.26. The Kier molecular flexibility index (Phi) is 5.18. The van der Waals surface area contributed by atoms with Crippen LogP contribution in [0.15, 0.2) is 52.4 Å². The molecular formula is C18H19N3O4S2. The average Bonchev–Trinajstić information content (AvgIpc) is 2.96. The quantitative estimate of drug-likeness (QED) is 0.667. The molecule has 3 aromatic rings. The first-order valence-electron chi connectivity index (χ1n) is 7.99. The van der Waals surface area contributed by atoms with Crippen LogP contribution in [0.1, 0.15) is 10.4 Å². The van der Waals surface area contributed by atoms with Crippen molar-refractivity contribution in [3.05, 3.63) is 52.8 Å². The van der Waals surface area contributed by atoms with E-state index in [1.807, 2.05) is 29.8 Å². The summed E-state index contributed by atoms with van der Waals surface area (Å²) in [6, 6.07) is 11.4. The molecule has 9 heteroatoms. The van der Waals surface area contributed by atoms with Gasteiger partial charge in [0.15, 0.2) is 4.80 Å². The molecule has 0 spiro atoms. The van der Waals surface area contributed by atoms with E-state index in [1.165, 1.54) is 49.7 Å². The zero-order valence-corrected chi connectivity index (χ0v) is 17.0. The van der Waals surface area contributed by atoms with Crippen molar-refractivity contribution in [1.29, 1.82) is 0 Å². The molecule has 0 aliphatic carbocycles. The van der Waals surface area contributed by atoms with Gasteiger partial charge in [-0.25, -0.2) is 12.7 Å². The molecule has 0 saturated heterocycles. The smallest absolute Gasteiger partial charge is 0.279 e. The number of hydrogen-bond acceptors (Lipinski definition) is 5. The number of rotatable bonds is 4. The molecule has 0 N–H and O–H groups in total. The lowest BCUT2D eigenvalue weighted by atomic mass is 10.2. The second-order valence-corrected chi connectivity index (χ2v) is 9.17. The van der Waals surface area contributed by atoms with Crippen LogP contribution >= 0.6 is 11.3 Å². The van der Waals surface area contributed by atoms with E-state index >= 15 is 0 Å². The third-order valence-electron chi connectivity index (χ3n) is 4.09. The number of nitrogens with zero attached hydrogens (tertiary/aromatic N) is 3. The molecule has 0 atom stereocenters. The Hall–Kier alpha value is -2.49. The first-order valence-corrected chi connectivity index (χ1v) is 10.2. The maximum atomic E-state index is 12.5. The summed E-state index contributed by atoms with van der Waals surface area (Å²) in [6.07, 6.45) is 0. The van der Waals surface area contributed by atoms with Gasteiger partial charge in [0.05, 0.1) is 22.2 Å². The number of sulfonamides is 1. The number of aryl methyl sites for hydroxylation is 1. The van der Waals surface area contributed by atoms with E-state index in [0.29, 0.717) is 10.4 Å². The van der Waals surface area contributed by atoms with Gasteiger partial charge in [0.2, 0.25) is 10.0 Å². The lowest BCUT2D eigenvalue weighted by Gasteiger charge is -2.11. The summed E-state index contributed by atoms with van der Waals surface area (Å²) in [7, 11) is 2.82.